The summed E-state index contributed by atoms with van der Waals surface area (Å²) in [4.78, 5) is 23.6. The van der Waals surface area contributed by atoms with Gasteiger partial charge in [-0.25, -0.2) is 17.9 Å². The van der Waals surface area contributed by atoms with Crippen molar-refractivity contribution in [3.05, 3.63) is 33.9 Å². The summed E-state index contributed by atoms with van der Waals surface area (Å²) in [7, 11) is -0.549. The van der Waals surface area contributed by atoms with Crippen molar-refractivity contribution in [3.63, 3.8) is 0 Å². The van der Waals surface area contributed by atoms with Gasteiger partial charge in [0.15, 0.2) is 5.56 Å². The first kappa shape index (κ1) is 19.0. The molecule has 1 rings (SSSR count). The van der Waals surface area contributed by atoms with Gasteiger partial charge in [0.25, 0.3) is 5.69 Å². The van der Waals surface area contributed by atoms with E-state index in [0.717, 1.165) is 12.1 Å². The number of ether oxygens (including phenoxy) is 1. The van der Waals surface area contributed by atoms with Gasteiger partial charge >= 0.3 is 5.97 Å². The van der Waals surface area contributed by atoms with Crippen LogP contribution in [0.1, 0.15) is 17.3 Å². The number of esters is 1. The summed E-state index contributed by atoms with van der Waals surface area (Å²) in [5.41, 5.74) is -1.18. The van der Waals surface area contributed by atoms with E-state index in [1.165, 1.54) is 13.0 Å². The lowest BCUT2D eigenvalue weighted by atomic mass is 10.2. The molecule has 0 aliphatic heterocycles. The van der Waals surface area contributed by atoms with Gasteiger partial charge in [0.2, 0.25) is 10.0 Å². The number of carbonyl (C=O) groups is 1. The minimum Gasteiger partial charge on any atom is -0.462 e. The van der Waals surface area contributed by atoms with E-state index in [0.29, 0.717) is 6.54 Å². The highest BCUT2D eigenvalue weighted by Gasteiger charge is 2.31. The van der Waals surface area contributed by atoms with Crippen molar-refractivity contribution >= 4 is 21.7 Å². The molecule has 23 heavy (non-hydrogen) atoms. The Labute approximate surface area is 134 Å². The molecule has 0 unspecified atom stereocenters. The molecule has 0 fully saturated rings. The molecule has 0 saturated carbocycles. The van der Waals surface area contributed by atoms with Crippen molar-refractivity contribution in [3.8, 4) is 0 Å². The van der Waals surface area contributed by atoms with Crippen molar-refractivity contribution < 1.29 is 22.9 Å². The number of sulfonamides is 1. The highest BCUT2D eigenvalue weighted by atomic mass is 32.2. The molecule has 128 valence electrons. The van der Waals surface area contributed by atoms with Crippen LogP contribution in [0.25, 0.3) is 0 Å². The highest BCUT2D eigenvalue weighted by Crippen LogP contribution is 2.26. The molecule has 0 aliphatic rings. The number of hydrogen-bond acceptors (Lipinski definition) is 7. The van der Waals surface area contributed by atoms with Gasteiger partial charge in [0.05, 0.1) is 11.5 Å². The first-order valence-electron chi connectivity index (χ1n) is 6.79. The second-order valence-electron chi connectivity index (χ2n) is 4.83. The highest BCUT2D eigenvalue weighted by molar-refractivity contribution is 7.89. The number of nitro groups is 1. The predicted molar refractivity (Wildman–Crippen MR) is 82.8 cm³/mol. The fourth-order valence-corrected chi connectivity index (χ4v) is 3.02. The third kappa shape index (κ3) is 4.98. The molecule has 0 amide bonds. The fraction of sp³-hybridized carbons (Fsp3) is 0.462. The van der Waals surface area contributed by atoms with E-state index in [1.807, 2.05) is 0 Å². The van der Waals surface area contributed by atoms with Crippen LogP contribution in [0.3, 0.4) is 0 Å². The van der Waals surface area contributed by atoms with Crippen LogP contribution < -0.4 is 4.72 Å². The molecule has 0 aliphatic carbocycles. The van der Waals surface area contributed by atoms with Crippen LogP contribution in [0.2, 0.25) is 0 Å². The van der Waals surface area contributed by atoms with Crippen LogP contribution >= 0.6 is 0 Å². The van der Waals surface area contributed by atoms with E-state index in [-0.39, 0.29) is 13.2 Å². The Bertz CT molecular complexity index is 687. The van der Waals surface area contributed by atoms with Crippen LogP contribution in [0, 0.1) is 10.1 Å². The van der Waals surface area contributed by atoms with Crippen LogP contribution in [0.5, 0.6) is 0 Å². The molecule has 0 spiro atoms. The van der Waals surface area contributed by atoms with Gasteiger partial charge in [-0.05, 0) is 27.1 Å². The van der Waals surface area contributed by atoms with Gasteiger partial charge < -0.3 is 9.64 Å². The summed E-state index contributed by atoms with van der Waals surface area (Å²) >= 11 is 0. The summed E-state index contributed by atoms with van der Waals surface area (Å²) in [6.45, 7) is 2.03. The topological polar surface area (TPSA) is 119 Å². The summed E-state index contributed by atoms with van der Waals surface area (Å²) < 4.78 is 31.8. The van der Waals surface area contributed by atoms with Gasteiger partial charge in [-0.3, -0.25) is 10.1 Å². The van der Waals surface area contributed by atoms with Crippen molar-refractivity contribution in [2.45, 2.75) is 11.8 Å². The minimum absolute atomic E-state index is 0.0293. The monoisotopic (exact) mass is 345 g/mol. The number of rotatable bonds is 8. The molecule has 0 radical (unpaired) electrons. The van der Waals surface area contributed by atoms with Crippen LogP contribution in [0.4, 0.5) is 5.69 Å². The molecule has 0 aromatic heterocycles. The lowest BCUT2D eigenvalue weighted by Gasteiger charge is -2.13. The second kappa shape index (κ2) is 7.99. The Morgan fingerprint density at radius 2 is 2.04 bits per heavy atom. The molecule has 1 aromatic rings. The van der Waals surface area contributed by atoms with E-state index in [9.17, 15) is 23.3 Å². The average Bonchev–Trinajstić information content (AvgIpc) is 2.46. The Kier molecular flexibility index (Phi) is 6.61. The summed E-state index contributed by atoms with van der Waals surface area (Å²) in [5.74, 6) is -1.05. The zero-order chi connectivity index (χ0) is 17.6. The summed E-state index contributed by atoms with van der Waals surface area (Å²) in [6.07, 6.45) is 0. The lowest BCUT2D eigenvalue weighted by molar-refractivity contribution is -0.385. The molecular formula is C13H19N3O6S. The van der Waals surface area contributed by atoms with Crippen molar-refractivity contribution in [2.24, 2.45) is 0 Å². The molecule has 9 nitrogen and oxygen atoms in total. The summed E-state index contributed by atoms with van der Waals surface area (Å²) in [5, 5.41) is 11.1. The van der Waals surface area contributed by atoms with E-state index in [4.69, 9.17) is 4.74 Å². The Morgan fingerprint density at radius 3 is 2.57 bits per heavy atom. The molecule has 0 heterocycles. The number of hydrogen-bond donors (Lipinski definition) is 1. The molecule has 1 N–H and O–H groups in total. The van der Waals surface area contributed by atoms with Gasteiger partial charge in [-0.15, -0.1) is 0 Å². The molecule has 0 atom stereocenters. The first-order valence-corrected chi connectivity index (χ1v) is 8.28. The fourth-order valence-electron chi connectivity index (χ4n) is 1.79. The first-order chi connectivity index (χ1) is 10.7. The second-order valence-corrected chi connectivity index (χ2v) is 6.56. The van der Waals surface area contributed by atoms with Gasteiger partial charge in [-0.2, -0.15) is 0 Å². The lowest BCUT2D eigenvalue weighted by Crippen LogP contribution is -2.32. The SMILES string of the molecule is CCOC(=O)c1c([N+](=O)[O-])cccc1S(=O)(=O)NCCN(C)C. The average molecular weight is 345 g/mol. The Morgan fingerprint density at radius 1 is 1.39 bits per heavy atom. The molecule has 0 saturated heterocycles. The zero-order valence-electron chi connectivity index (χ0n) is 13.1. The molecule has 0 bridgehead atoms. The maximum atomic E-state index is 12.4. The Hall–Kier alpha value is -2.04. The van der Waals surface area contributed by atoms with Gasteiger partial charge in [-0.1, -0.05) is 6.07 Å². The number of carbonyl (C=O) groups excluding carboxylic acids is 1. The minimum atomic E-state index is -4.09. The zero-order valence-corrected chi connectivity index (χ0v) is 13.9. The van der Waals surface area contributed by atoms with Crippen LogP contribution in [-0.2, 0) is 14.8 Å². The van der Waals surface area contributed by atoms with Crippen molar-refractivity contribution in [1.82, 2.24) is 9.62 Å². The van der Waals surface area contributed by atoms with Crippen LogP contribution in [0.15, 0.2) is 23.1 Å². The number of benzene rings is 1. The van der Waals surface area contributed by atoms with E-state index >= 15 is 0 Å². The smallest absolute Gasteiger partial charge is 0.346 e. The predicted octanol–water partition coefficient (Wildman–Crippen LogP) is 0.611. The molecule has 10 heteroatoms. The van der Waals surface area contributed by atoms with Gasteiger partial charge in [0.1, 0.15) is 4.90 Å². The maximum absolute atomic E-state index is 12.4. The standard InChI is InChI=1S/C13H19N3O6S/c1-4-22-13(17)12-10(16(18)19)6-5-7-11(12)23(20,21)14-8-9-15(2)3/h5-7,14H,4,8-9H2,1-3H3. The normalized spacial score (nSPS) is 11.5. The third-order valence-electron chi connectivity index (χ3n) is 2.82. The van der Waals surface area contributed by atoms with Crippen molar-refractivity contribution in [2.75, 3.05) is 33.8 Å². The molecule has 1 aromatic carbocycles. The summed E-state index contributed by atoms with van der Waals surface area (Å²) in [6, 6.07) is 3.41. The number of likely N-dealkylation sites (N-methyl/N-ethyl adjacent to an activating group) is 1. The number of nitrogens with zero attached hydrogens (tertiary/aromatic N) is 2. The quantitative estimate of drug-likeness (QED) is 0.416. The number of nitrogens with one attached hydrogen (secondary N) is 1. The van der Waals surface area contributed by atoms with Crippen molar-refractivity contribution in [1.29, 1.82) is 0 Å². The third-order valence-corrected chi connectivity index (χ3v) is 4.32. The Balaban J connectivity index is 3.31. The maximum Gasteiger partial charge on any atom is 0.346 e. The molecular weight excluding hydrogens is 326 g/mol. The largest absolute Gasteiger partial charge is 0.462 e. The van der Waals surface area contributed by atoms with E-state index < -0.39 is 37.1 Å². The van der Waals surface area contributed by atoms with Crippen LogP contribution in [-0.4, -0.2) is 58.0 Å². The van der Waals surface area contributed by atoms with E-state index in [2.05, 4.69) is 4.72 Å². The van der Waals surface area contributed by atoms with Gasteiger partial charge in [0, 0.05) is 19.2 Å². The number of nitro benzene ring substituents is 1. The van der Waals surface area contributed by atoms with E-state index in [1.54, 1.807) is 19.0 Å².